The van der Waals surface area contributed by atoms with Crippen LogP contribution in [-0.4, -0.2) is 41.0 Å². The summed E-state index contributed by atoms with van der Waals surface area (Å²) in [7, 11) is 1.65. The van der Waals surface area contributed by atoms with Gasteiger partial charge in [-0.2, -0.15) is 0 Å². The first kappa shape index (κ1) is 15.6. The van der Waals surface area contributed by atoms with Crippen LogP contribution in [0.1, 0.15) is 35.1 Å². The fourth-order valence-electron chi connectivity index (χ4n) is 2.88. The molecule has 6 nitrogen and oxygen atoms in total. The maximum absolute atomic E-state index is 13.0. The Hall–Kier alpha value is -2.28. The zero-order valence-electron chi connectivity index (χ0n) is 13.3. The van der Waals surface area contributed by atoms with Crippen molar-refractivity contribution in [1.82, 2.24) is 20.3 Å². The molecule has 2 heterocycles. The highest BCUT2D eigenvalue weighted by molar-refractivity contribution is 6.04. The number of nitrogens with one attached hydrogen (secondary N) is 1. The molecule has 1 N–H and O–H groups in total. The van der Waals surface area contributed by atoms with Gasteiger partial charge < -0.3 is 10.2 Å². The topological polar surface area (TPSA) is 63.1 Å². The number of aromatic nitrogens is 3. The van der Waals surface area contributed by atoms with E-state index in [1.165, 1.54) is 17.0 Å². The third-order valence-electron chi connectivity index (χ3n) is 4.30. The van der Waals surface area contributed by atoms with Crippen molar-refractivity contribution in [3.05, 3.63) is 41.5 Å². The number of anilines is 1. The van der Waals surface area contributed by atoms with E-state index in [0.717, 1.165) is 31.6 Å². The normalized spacial score (nSPS) is 15.6. The molecule has 1 aliphatic heterocycles. The van der Waals surface area contributed by atoms with Crippen molar-refractivity contribution in [3.63, 3.8) is 0 Å². The van der Waals surface area contributed by atoms with E-state index in [1.807, 2.05) is 11.6 Å². The second-order valence-electron chi connectivity index (χ2n) is 5.79. The highest BCUT2D eigenvalue weighted by Crippen LogP contribution is 2.22. The van der Waals surface area contributed by atoms with Crippen LogP contribution in [0.5, 0.6) is 0 Å². The largest absolute Gasteiger partial charge is 0.317 e. The Balaban J connectivity index is 1.82. The minimum atomic E-state index is -0.331. The van der Waals surface area contributed by atoms with Gasteiger partial charge >= 0.3 is 0 Å². The summed E-state index contributed by atoms with van der Waals surface area (Å²) in [6.45, 7) is 3.76. The fourth-order valence-corrected chi connectivity index (χ4v) is 2.88. The molecule has 0 radical (unpaired) electrons. The average molecular weight is 317 g/mol. The molecule has 0 saturated carbocycles. The average Bonchev–Trinajstić information content (AvgIpc) is 2.96. The van der Waals surface area contributed by atoms with E-state index in [2.05, 4.69) is 15.6 Å². The summed E-state index contributed by atoms with van der Waals surface area (Å²) < 4.78 is 14.9. The number of halogens is 1. The van der Waals surface area contributed by atoms with E-state index in [1.54, 1.807) is 19.2 Å². The van der Waals surface area contributed by atoms with Crippen molar-refractivity contribution >= 4 is 11.6 Å². The standard InChI is InChI=1S/C16H20FN5O/c1-11-15(19-20-22(11)14-7-9-18-10-8-14)16(23)21(2)13-5-3-12(17)4-6-13/h3-6,14,18H,7-10H2,1-2H3. The maximum atomic E-state index is 13.0. The minimum Gasteiger partial charge on any atom is -0.317 e. The van der Waals surface area contributed by atoms with E-state index in [4.69, 9.17) is 0 Å². The quantitative estimate of drug-likeness (QED) is 0.939. The number of benzene rings is 1. The summed E-state index contributed by atoms with van der Waals surface area (Å²) in [5.41, 5.74) is 1.73. The first-order chi connectivity index (χ1) is 11.1. The molecule has 0 aliphatic carbocycles. The highest BCUT2D eigenvalue weighted by atomic mass is 19.1. The smallest absolute Gasteiger partial charge is 0.280 e. The van der Waals surface area contributed by atoms with Crippen molar-refractivity contribution in [1.29, 1.82) is 0 Å². The predicted molar refractivity (Wildman–Crippen MR) is 85.0 cm³/mol. The van der Waals surface area contributed by atoms with Gasteiger partial charge in [-0.25, -0.2) is 9.07 Å². The molecule has 0 bridgehead atoms. The summed E-state index contributed by atoms with van der Waals surface area (Å²) in [6, 6.07) is 6.08. The van der Waals surface area contributed by atoms with Crippen molar-refractivity contribution in [3.8, 4) is 0 Å². The highest BCUT2D eigenvalue weighted by Gasteiger charge is 2.25. The lowest BCUT2D eigenvalue weighted by Gasteiger charge is -2.23. The molecule has 23 heavy (non-hydrogen) atoms. The number of carbonyl (C=O) groups is 1. The van der Waals surface area contributed by atoms with Crippen LogP contribution in [0.25, 0.3) is 0 Å². The molecule has 3 rings (SSSR count). The van der Waals surface area contributed by atoms with Gasteiger partial charge in [0.15, 0.2) is 5.69 Å². The van der Waals surface area contributed by atoms with Crippen LogP contribution in [-0.2, 0) is 0 Å². The number of hydrogen-bond acceptors (Lipinski definition) is 4. The number of rotatable bonds is 3. The van der Waals surface area contributed by atoms with E-state index < -0.39 is 0 Å². The van der Waals surface area contributed by atoms with Crippen molar-refractivity contribution in [2.45, 2.75) is 25.8 Å². The molecule has 1 aromatic carbocycles. The molecular weight excluding hydrogens is 297 g/mol. The number of carbonyl (C=O) groups excluding carboxylic acids is 1. The summed E-state index contributed by atoms with van der Waals surface area (Å²) in [5.74, 6) is -0.572. The SMILES string of the molecule is Cc1c(C(=O)N(C)c2ccc(F)cc2)nnn1C1CCNCC1. The monoisotopic (exact) mass is 317 g/mol. The lowest BCUT2D eigenvalue weighted by Crippen LogP contribution is -2.31. The molecule has 1 aromatic heterocycles. The summed E-state index contributed by atoms with van der Waals surface area (Å²) in [4.78, 5) is 14.1. The van der Waals surface area contributed by atoms with Gasteiger partial charge in [-0.15, -0.1) is 5.10 Å². The van der Waals surface area contributed by atoms with E-state index in [-0.39, 0.29) is 17.8 Å². The zero-order valence-corrected chi connectivity index (χ0v) is 13.3. The zero-order chi connectivity index (χ0) is 16.4. The van der Waals surface area contributed by atoms with Crippen molar-refractivity contribution in [2.24, 2.45) is 0 Å². The lowest BCUT2D eigenvalue weighted by atomic mass is 10.1. The van der Waals surface area contributed by atoms with Gasteiger partial charge in [0.1, 0.15) is 5.82 Å². The van der Waals surface area contributed by atoms with Crippen LogP contribution in [0.3, 0.4) is 0 Å². The van der Waals surface area contributed by atoms with E-state index in [9.17, 15) is 9.18 Å². The number of amides is 1. The van der Waals surface area contributed by atoms with Gasteiger partial charge in [-0.3, -0.25) is 4.79 Å². The van der Waals surface area contributed by atoms with Gasteiger partial charge in [-0.1, -0.05) is 5.21 Å². The molecule has 7 heteroatoms. The molecule has 0 atom stereocenters. The van der Waals surface area contributed by atoms with Gasteiger partial charge in [0, 0.05) is 12.7 Å². The van der Waals surface area contributed by atoms with Gasteiger partial charge in [0.05, 0.1) is 11.7 Å². The van der Waals surface area contributed by atoms with E-state index >= 15 is 0 Å². The Kier molecular flexibility index (Phi) is 4.38. The predicted octanol–water partition coefficient (Wildman–Crippen LogP) is 1.93. The van der Waals surface area contributed by atoms with Gasteiger partial charge in [0.25, 0.3) is 5.91 Å². The summed E-state index contributed by atoms with van der Waals surface area (Å²) in [5, 5.41) is 11.6. The number of nitrogens with zero attached hydrogens (tertiary/aromatic N) is 4. The lowest BCUT2D eigenvalue weighted by molar-refractivity contribution is 0.0987. The van der Waals surface area contributed by atoms with Crippen LogP contribution < -0.4 is 10.2 Å². The van der Waals surface area contributed by atoms with Gasteiger partial charge in [-0.05, 0) is 57.1 Å². The molecule has 2 aromatic rings. The number of hydrogen-bond donors (Lipinski definition) is 1. The first-order valence-corrected chi connectivity index (χ1v) is 7.74. The molecule has 1 saturated heterocycles. The molecule has 1 fully saturated rings. The van der Waals surface area contributed by atoms with Crippen molar-refractivity contribution < 1.29 is 9.18 Å². The van der Waals surface area contributed by atoms with Crippen LogP contribution >= 0.6 is 0 Å². The summed E-state index contributed by atoms with van der Waals surface area (Å²) >= 11 is 0. The molecule has 1 aliphatic rings. The van der Waals surface area contributed by atoms with Crippen LogP contribution in [0.4, 0.5) is 10.1 Å². The number of piperidine rings is 1. The van der Waals surface area contributed by atoms with Crippen molar-refractivity contribution in [2.75, 3.05) is 25.0 Å². The fraction of sp³-hybridized carbons (Fsp3) is 0.438. The molecule has 122 valence electrons. The van der Waals surface area contributed by atoms with Crippen LogP contribution in [0.2, 0.25) is 0 Å². The Morgan fingerprint density at radius 3 is 2.61 bits per heavy atom. The second kappa shape index (κ2) is 6.45. The van der Waals surface area contributed by atoms with Gasteiger partial charge in [0.2, 0.25) is 0 Å². The third kappa shape index (κ3) is 3.10. The van der Waals surface area contributed by atoms with Crippen LogP contribution in [0.15, 0.2) is 24.3 Å². The Bertz CT molecular complexity index is 691. The maximum Gasteiger partial charge on any atom is 0.280 e. The second-order valence-corrected chi connectivity index (χ2v) is 5.79. The molecular formula is C16H20FN5O. The molecule has 0 unspecified atom stereocenters. The Morgan fingerprint density at radius 1 is 1.30 bits per heavy atom. The third-order valence-corrected chi connectivity index (χ3v) is 4.30. The molecule has 1 amide bonds. The Morgan fingerprint density at radius 2 is 1.96 bits per heavy atom. The first-order valence-electron chi connectivity index (χ1n) is 7.74. The molecule has 0 spiro atoms. The van der Waals surface area contributed by atoms with E-state index in [0.29, 0.717) is 11.4 Å². The Labute approximate surface area is 134 Å². The minimum absolute atomic E-state index is 0.241. The van der Waals surface area contributed by atoms with Crippen LogP contribution in [0, 0.1) is 12.7 Å². The summed E-state index contributed by atoms with van der Waals surface area (Å²) in [6.07, 6.45) is 1.96.